The monoisotopic (exact) mass is 364 g/mol. The summed E-state index contributed by atoms with van der Waals surface area (Å²) in [5, 5.41) is 11.0. The van der Waals surface area contributed by atoms with Crippen LogP contribution >= 0.6 is 23.2 Å². The largest absolute Gasteiger partial charge is 0.306 e. The molecule has 0 amide bonds. The molecule has 0 saturated carbocycles. The molecular formula is C12H7Cl2FN2O4S. The molecule has 0 atom stereocenters. The molecule has 2 aromatic rings. The van der Waals surface area contributed by atoms with Gasteiger partial charge in [0.2, 0.25) is 5.82 Å². The predicted octanol–water partition coefficient (Wildman–Crippen LogP) is 3.84. The minimum absolute atomic E-state index is 0.112. The lowest BCUT2D eigenvalue weighted by molar-refractivity contribution is -0.387. The van der Waals surface area contributed by atoms with Crippen LogP contribution in [0.2, 0.25) is 10.0 Å². The molecule has 0 aliphatic heterocycles. The van der Waals surface area contributed by atoms with Crippen molar-refractivity contribution in [1.82, 2.24) is 0 Å². The molecule has 10 heteroatoms. The summed E-state index contributed by atoms with van der Waals surface area (Å²) in [6.45, 7) is 0. The van der Waals surface area contributed by atoms with E-state index in [4.69, 9.17) is 23.2 Å². The molecule has 2 rings (SSSR count). The van der Waals surface area contributed by atoms with Crippen molar-refractivity contribution in [2.75, 3.05) is 4.72 Å². The zero-order valence-electron chi connectivity index (χ0n) is 10.6. The van der Waals surface area contributed by atoms with Crippen molar-refractivity contribution in [3.63, 3.8) is 0 Å². The van der Waals surface area contributed by atoms with Crippen LogP contribution in [0.5, 0.6) is 0 Å². The van der Waals surface area contributed by atoms with Crippen molar-refractivity contribution in [2.45, 2.75) is 4.90 Å². The number of hydrogen-bond acceptors (Lipinski definition) is 4. The van der Waals surface area contributed by atoms with E-state index in [9.17, 15) is 22.9 Å². The fourth-order valence-corrected chi connectivity index (χ4v) is 2.94. The molecule has 0 heterocycles. The Morgan fingerprint density at radius 2 is 1.77 bits per heavy atom. The topological polar surface area (TPSA) is 89.3 Å². The Hall–Kier alpha value is -1.90. The minimum atomic E-state index is -4.14. The highest BCUT2D eigenvalue weighted by molar-refractivity contribution is 7.92. The van der Waals surface area contributed by atoms with Crippen molar-refractivity contribution in [3.8, 4) is 0 Å². The number of nitrogens with zero attached hydrogens (tertiary/aromatic N) is 1. The van der Waals surface area contributed by atoms with Crippen molar-refractivity contribution < 1.29 is 17.7 Å². The molecule has 0 radical (unpaired) electrons. The second kappa shape index (κ2) is 6.07. The highest BCUT2D eigenvalue weighted by atomic mass is 35.5. The van der Waals surface area contributed by atoms with Crippen LogP contribution in [0.4, 0.5) is 15.8 Å². The maximum Gasteiger partial charge on any atom is 0.306 e. The van der Waals surface area contributed by atoms with Crippen LogP contribution in [0.1, 0.15) is 0 Å². The summed E-state index contributed by atoms with van der Waals surface area (Å²) in [5.74, 6) is -1.13. The smallest absolute Gasteiger partial charge is 0.280 e. The molecule has 6 nitrogen and oxygen atoms in total. The van der Waals surface area contributed by atoms with E-state index in [1.165, 1.54) is 18.2 Å². The van der Waals surface area contributed by atoms with Crippen LogP contribution in [-0.4, -0.2) is 13.3 Å². The molecule has 1 N–H and O–H groups in total. The molecule has 0 aliphatic rings. The van der Waals surface area contributed by atoms with Crippen molar-refractivity contribution in [3.05, 3.63) is 62.4 Å². The Morgan fingerprint density at radius 1 is 1.09 bits per heavy atom. The number of sulfonamides is 1. The molecule has 0 spiro atoms. The van der Waals surface area contributed by atoms with Gasteiger partial charge >= 0.3 is 5.69 Å². The molecule has 2 aromatic carbocycles. The highest BCUT2D eigenvalue weighted by Gasteiger charge is 2.21. The van der Waals surface area contributed by atoms with Crippen LogP contribution in [0, 0.1) is 15.9 Å². The summed E-state index contributed by atoms with van der Waals surface area (Å²) in [4.78, 5) is 9.20. The lowest BCUT2D eigenvalue weighted by atomic mass is 10.3. The Bertz CT molecular complexity index is 858. The molecule has 22 heavy (non-hydrogen) atoms. The van der Waals surface area contributed by atoms with Crippen LogP contribution in [-0.2, 0) is 10.0 Å². The lowest BCUT2D eigenvalue weighted by Gasteiger charge is -2.09. The van der Waals surface area contributed by atoms with Gasteiger partial charge in [-0.3, -0.25) is 14.8 Å². The Balaban J connectivity index is 2.40. The van der Waals surface area contributed by atoms with E-state index >= 15 is 0 Å². The third-order valence-electron chi connectivity index (χ3n) is 2.60. The van der Waals surface area contributed by atoms with Crippen LogP contribution in [0.3, 0.4) is 0 Å². The maximum absolute atomic E-state index is 13.2. The summed E-state index contributed by atoms with van der Waals surface area (Å²) in [5.41, 5.74) is -0.821. The molecule has 0 aromatic heterocycles. The first-order chi connectivity index (χ1) is 10.2. The van der Waals surface area contributed by atoms with E-state index in [0.29, 0.717) is 12.1 Å². The number of nitro benzene ring substituents is 1. The van der Waals surface area contributed by atoms with Gasteiger partial charge in [-0.25, -0.2) is 8.42 Å². The number of anilines is 1. The summed E-state index contributed by atoms with van der Waals surface area (Å²) in [7, 11) is -4.14. The average molecular weight is 365 g/mol. The third-order valence-corrected chi connectivity index (χ3v) is 4.71. The van der Waals surface area contributed by atoms with E-state index < -0.39 is 31.3 Å². The quantitative estimate of drug-likeness (QED) is 0.659. The number of rotatable bonds is 4. The van der Waals surface area contributed by atoms with E-state index in [1.54, 1.807) is 0 Å². The first kappa shape index (κ1) is 16.5. The summed E-state index contributed by atoms with van der Waals surface area (Å²) >= 11 is 11.5. The van der Waals surface area contributed by atoms with Crippen molar-refractivity contribution in [1.29, 1.82) is 0 Å². The SMILES string of the molecule is O=[N+]([O-])c1cc(S(=O)(=O)Nc2ccc(Cl)c(Cl)c2)ccc1F. The zero-order chi connectivity index (χ0) is 16.5. The first-order valence-electron chi connectivity index (χ1n) is 5.62. The average Bonchev–Trinajstić information content (AvgIpc) is 2.42. The van der Waals surface area contributed by atoms with Gasteiger partial charge in [-0.05, 0) is 30.3 Å². The number of hydrogen-bond donors (Lipinski definition) is 1. The van der Waals surface area contributed by atoms with E-state index in [2.05, 4.69) is 4.72 Å². The molecule has 0 aliphatic carbocycles. The summed E-state index contributed by atoms with van der Waals surface area (Å²) < 4.78 is 39.7. The van der Waals surface area contributed by atoms with Crippen LogP contribution in [0.15, 0.2) is 41.3 Å². The van der Waals surface area contributed by atoms with Gasteiger partial charge in [0.05, 0.1) is 25.6 Å². The molecular weight excluding hydrogens is 358 g/mol. The highest BCUT2D eigenvalue weighted by Crippen LogP contribution is 2.27. The van der Waals surface area contributed by atoms with Gasteiger partial charge in [0.1, 0.15) is 0 Å². The van der Waals surface area contributed by atoms with E-state index in [1.807, 2.05) is 0 Å². The maximum atomic E-state index is 13.2. The van der Waals surface area contributed by atoms with Crippen molar-refractivity contribution in [2.24, 2.45) is 0 Å². The molecule has 0 saturated heterocycles. The zero-order valence-corrected chi connectivity index (χ0v) is 12.9. The van der Waals surface area contributed by atoms with Gasteiger partial charge in [-0.15, -0.1) is 0 Å². The van der Waals surface area contributed by atoms with Crippen LogP contribution < -0.4 is 4.72 Å². The standard InChI is InChI=1S/C12H7Cl2FN2O4S/c13-9-3-1-7(5-10(9)14)16-22(20,21)8-2-4-11(15)12(6-8)17(18)19/h1-6,16H. The van der Waals surface area contributed by atoms with E-state index in [-0.39, 0.29) is 15.7 Å². The fraction of sp³-hybridized carbons (Fsp3) is 0. The number of nitro groups is 1. The summed E-state index contributed by atoms with van der Waals surface area (Å²) in [6, 6.07) is 6.29. The summed E-state index contributed by atoms with van der Waals surface area (Å²) in [6.07, 6.45) is 0. The van der Waals surface area contributed by atoms with Gasteiger partial charge in [0.15, 0.2) is 0 Å². The predicted molar refractivity (Wildman–Crippen MR) is 80.3 cm³/mol. The van der Waals surface area contributed by atoms with Crippen molar-refractivity contribution >= 4 is 44.6 Å². The fourth-order valence-electron chi connectivity index (χ4n) is 1.57. The van der Waals surface area contributed by atoms with E-state index in [0.717, 1.165) is 6.07 Å². The van der Waals surface area contributed by atoms with Gasteiger partial charge in [-0.1, -0.05) is 23.2 Å². The minimum Gasteiger partial charge on any atom is -0.280 e. The molecule has 0 unspecified atom stereocenters. The number of halogens is 3. The normalized spacial score (nSPS) is 11.2. The lowest BCUT2D eigenvalue weighted by Crippen LogP contribution is -2.13. The Morgan fingerprint density at radius 3 is 2.36 bits per heavy atom. The number of nitrogens with one attached hydrogen (secondary N) is 1. The third kappa shape index (κ3) is 3.46. The first-order valence-corrected chi connectivity index (χ1v) is 7.86. The van der Waals surface area contributed by atoms with Gasteiger partial charge in [-0.2, -0.15) is 4.39 Å². The van der Waals surface area contributed by atoms with Crippen LogP contribution in [0.25, 0.3) is 0 Å². The Kier molecular flexibility index (Phi) is 4.55. The second-order valence-electron chi connectivity index (χ2n) is 4.10. The van der Waals surface area contributed by atoms with Gasteiger partial charge in [0, 0.05) is 6.07 Å². The van der Waals surface area contributed by atoms with Gasteiger partial charge in [0.25, 0.3) is 10.0 Å². The Labute approximate surface area is 134 Å². The van der Waals surface area contributed by atoms with Gasteiger partial charge < -0.3 is 0 Å². The second-order valence-corrected chi connectivity index (χ2v) is 6.60. The number of benzene rings is 2. The molecule has 116 valence electrons. The molecule has 0 bridgehead atoms. The molecule has 0 fully saturated rings.